The smallest absolute Gasteiger partial charge is 0.338 e. The molecular formula is C37H38Cl2N3O6+. The molecular weight excluding hydrogens is 653 g/mol. The molecule has 4 heterocycles. The van der Waals surface area contributed by atoms with Crippen molar-refractivity contribution in [2.24, 2.45) is 5.92 Å². The molecule has 0 aliphatic carbocycles. The minimum atomic E-state index is -0.778. The molecule has 48 heavy (non-hydrogen) atoms. The number of nitrogens with zero attached hydrogens (tertiary/aromatic N) is 1. The van der Waals surface area contributed by atoms with Crippen LogP contribution in [0.2, 0.25) is 10.0 Å². The average Bonchev–Trinajstić information content (AvgIpc) is 3.12. The molecule has 3 fully saturated rings. The van der Waals surface area contributed by atoms with Gasteiger partial charge in [-0.15, -0.1) is 0 Å². The second-order valence-corrected chi connectivity index (χ2v) is 12.8. The summed E-state index contributed by atoms with van der Waals surface area (Å²) in [6, 6.07) is 20.9. The van der Waals surface area contributed by atoms with Crippen molar-refractivity contribution in [3.63, 3.8) is 0 Å². The molecule has 3 atom stereocenters. The van der Waals surface area contributed by atoms with Crippen LogP contribution in [0.3, 0.4) is 0 Å². The van der Waals surface area contributed by atoms with Gasteiger partial charge in [0, 0.05) is 24.2 Å². The predicted octanol–water partition coefficient (Wildman–Crippen LogP) is 6.76. The molecule has 3 aromatic carbocycles. The standard InChI is InChI=1S/C37H37Cl2N3O6/c1-45-31-12-11-25(18-33(31)46-2)32(19-28-29(38)20-40-21-30(28)39)47-36(43)26-9-6-10-27(17-26)41-35(24-7-4-3-5-8-24)37(44)48-34-22-42-15-13-23(34)14-16-42/h3-12,17-18,20-21,23,32,34-35,41H,13-16,19,22H2,1-2H3/p+1/t32-,34-,35-/m0/s1. The molecule has 0 saturated carbocycles. The summed E-state index contributed by atoms with van der Waals surface area (Å²) in [6.07, 6.45) is 4.61. The summed E-state index contributed by atoms with van der Waals surface area (Å²) in [5.74, 6) is 0.480. The summed E-state index contributed by atoms with van der Waals surface area (Å²) in [4.78, 5) is 32.7. The van der Waals surface area contributed by atoms with Gasteiger partial charge in [0.1, 0.15) is 22.3 Å². The lowest BCUT2D eigenvalue weighted by Crippen LogP contribution is -2.52. The maximum atomic E-state index is 13.8. The third-order valence-corrected chi connectivity index (χ3v) is 9.73. The minimum absolute atomic E-state index is 0.132. The average molecular weight is 692 g/mol. The molecule has 2 bridgehead atoms. The highest BCUT2D eigenvalue weighted by atomic mass is 35.5. The molecule has 0 unspecified atom stereocenters. The summed E-state index contributed by atoms with van der Waals surface area (Å²) in [5.41, 5.74) is 2.90. The van der Waals surface area contributed by atoms with Gasteiger partial charge in [-0.25, -0.2) is 14.6 Å². The number of nitrogens with one attached hydrogen (secondary N) is 2. The molecule has 7 rings (SSSR count). The molecule has 0 spiro atoms. The van der Waals surface area contributed by atoms with Crippen LogP contribution in [0.15, 0.2) is 85.2 Å². The SMILES string of the molecule is COc1ccc([C@H](Cc2c(Cl)c[nH+]cc2Cl)OC(=O)c2cccc(N[C@H](C(=O)O[C@H]3CN4CCC3CC4)c3ccccc3)c2)cc1OC. The zero-order chi connectivity index (χ0) is 33.6. The fourth-order valence-electron chi connectivity index (χ4n) is 6.42. The van der Waals surface area contributed by atoms with Crippen LogP contribution in [0.1, 0.15) is 52.0 Å². The van der Waals surface area contributed by atoms with Gasteiger partial charge < -0.3 is 24.3 Å². The first-order valence-corrected chi connectivity index (χ1v) is 16.7. The maximum absolute atomic E-state index is 13.8. The fourth-order valence-corrected chi connectivity index (χ4v) is 6.95. The topological polar surface area (TPSA) is 100 Å². The highest BCUT2D eigenvalue weighted by Crippen LogP contribution is 2.36. The van der Waals surface area contributed by atoms with Crippen molar-refractivity contribution in [2.75, 3.05) is 39.2 Å². The zero-order valence-corrected chi connectivity index (χ0v) is 28.3. The molecule has 1 aromatic heterocycles. The first-order valence-electron chi connectivity index (χ1n) is 15.9. The van der Waals surface area contributed by atoms with E-state index in [-0.39, 0.29) is 18.5 Å². The molecule has 250 valence electrons. The van der Waals surface area contributed by atoms with Crippen LogP contribution < -0.4 is 19.8 Å². The van der Waals surface area contributed by atoms with Crippen LogP contribution in [0.25, 0.3) is 0 Å². The van der Waals surface area contributed by atoms with Crippen LogP contribution in [0.4, 0.5) is 5.69 Å². The number of fused-ring (bicyclic) bond motifs is 3. The van der Waals surface area contributed by atoms with E-state index < -0.39 is 18.1 Å². The van der Waals surface area contributed by atoms with Gasteiger partial charge in [-0.3, -0.25) is 4.90 Å². The van der Waals surface area contributed by atoms with E-state index in [0.717, 1.165) is 38.0 Å². The van der Waals surface area contributed by atoms with Gasteiger partial charge in [0.2, 0.25) is 0 Å². The van der Waals surface area contributed by atoms with E-state index in [2.05, 4.69) is 15.2 Å². The molecule has 3 saturated heterocycles. The molecule has 11 heteroatoms. The Labute approximate surface area is 290 Å². The number of anilines is 1. The van der Waals surface area contributed by atoms with Crippen LogP contribution >= 0.6 is 23.2 Å². The fraction of sp³-hybridized carbons (Fsp3) is 0.324. The highest BCUT2D eigenvalue weighted by molar-refractivity contribution is 6.35. The molecule has 0 radical (unpaired) electrons. The van der Waals surface area contributed by atoms with E-state index in [1.54, 1.807) is 62.0 Å². The Morgan fingerprint density at radius 3 is 2.29 bits per heavy atom. The lowest BCUT2D eigenvalue weighted by molar-refractivity contribution is -0.377. The number of hydrogen-bond donors (Lipinski definition) is 1. The van der Waals surface area contributed by atoms with E-state index in [9.17, 15) is 9.59 Å². The first-order chi connectivity index (χ1) is 23.3. The normalized spacial score (nSPS) is 19.5. The molecule has 9 nitrogen and oxygen atoms in total. The molecule has 2 N–H and O–H groups in total. The van der Waals surface area contributed by atoms with E-state index in [0.29, 0.717) is 49.8 Å². The van der Waals surface area contributed by atoms with Crippen molar-refractivity contribution < 1.29 is 33.5 Å². The van der Waals surface area contributed by atoms with Crippen LogP contribution in [-0.4, -0.2) is 56.8 Å². The van der Waals surface area contributed by atoms with Gasteiger partial charge >= 0.3 is 11.9 Å². The Kier molecular flexibility index (Phi) is 10.7. The lowest BCUT2D eigenvalue weighted by atomic mass is 9.86. The number of carbonyl (C=O) groups excluding carboxylic acids is 2. The third kappa shape index (κ3) is 7.70. The van der Waals surface area contributed by atoms with Gasteiger partial charge in [-0.1, -0.05) is 65.7 Å². The van der Waals surface area contributed by atoms with Crippen molar-refractivity contribution in [1.29, 1.82) is 0 Å². The first kappa shape index (κ1) is 33.6. The Morgan fingerprint density at radius 2 is 1.62 bits per heavy atom. The van der Waals surface area contributed by atoms with Crippen LogP contribution in [-0.2, 0) is 20.7 Å². The number of rotatable bonds is 12. The monoisotopic (exact) mass is 690 g/mol. The van der Waals surface area contributed by atoms with Gasteiger partial charge in [-0.05, 0) is 73.3 Å². The van der Waals surface area contributed by atoms with E-state index in [1.807, 2.05) is 30.3 Å². The predicted molar refractivity (Wildman–Crippen MR) is 183 cm³/mol. The molecule has 0 amide bonds. The number of benzene rings is 3. The number of H-pyrrole nitrogens is 1. The summed E-state index contributed by atoms with van der Waals surface area (Å²) in [7, 11) is 3.09. The van der Waals surface area contributed by atoms with E-state index in [4.69, 9.17) is 42.1 Å². The summed E-state index contributed by atoms with van der Waals surface area (Å²) in [6.45, 7) is 2.87. The second kappa shape index (κ2) is 15.3. The molecule has 4 aromatic rings. The van der Waals surface area contributed by atoms with Gasteiger partial charge in [0.15, 0.2) is 29.9 Å². The van der Waals surface area contributed by atoms with Crippen molar-refractivity contribution in [3.8, 4) is 11.5 Å². The van der Waals surface area contributed by atoms with Crippen molar-refractivity contribution >= 4 is 40.8 Å². The summed E-state index contributed by atoms with van der Waals surface area (Å²) < 4.78 is 23.2. The van der Waals surface area contributed by atoms with Crippen molar-refractivity contribution in [2.45, 2.75) is 37.5 Å². The Morgan fingerprint density at radius 1 is 0.896 bits per heavy atom. The van der Waals surface area contributed by atoms with Gasteiger partial charge in [-0.2, -0.15) is 0 Å². The lowest BCUT2D eigenvalue weighted by Gasteiger charge is -2.44. The number of hydrogen-bond acceptors (Lipinski definition) is 8. The number of ether oxygens (including phenoxy) is 4. The Bertz CT molecular complexity index is 1730. The quantitative estimate of drug-likeness (QED) is 0.163. The van der Waals surface area contributed by atoms with Crippen molar-refractivity contribution in [1.82, 2.24) is 4.90 Å². The number of aromatic nitrogens is 1. The largest absolute Gasteiger partial charge is 0.493 e. The Balaban J connectivity index is 1.24. The maximum Gasteiger partial charge on any atom is 0.338 e. The number of methoxy groups -OCH3 is 2. The second-order valence-electron chi connectivity index (χ2n) is 12.0. The zero-order valence-electron chi connectivity index (χ0n) is 26.8. The molecule has 3 aliphatic heterocycles. The highest BCUT2D eigenvalue weighted by Gasteiger charge is 2.38. The van der Waals surface area contributed by atoms with E-state index in [1.165, 1.54) is 7.11 Å². The number of aromatic amines is 1. The summed E-state index contributed by atoms with van der Waals surface area (Å²) >= 11 is 13.0. The number of carbonyl (C=O) groups is 2. The number of piperidine rings is 3. The van der Waals surface area contributed by atoms with Gasteiger partial charge in [0.25, 0.3) is 0 Å². The molecule has 3 aliphatic rings. The van der Waals surface area contributed by atoms with E-state index >= 15 is 0 Å². The number of esters is 2. The van der Waals surface area contributed by atoms with Crippen LogP contribution in [0, 0.1) is 5.92 Å². The minimum Gasteiger partial charge on any atom is -0.493 e. The van der Waals surface area contributed by atoms with Gasteiger partial charge in [0.05, 0.1) is 19.8 Å². The van der Waals surface area contributed by atoms with Crippen molar-refractivity contribution in [3.05, 3.63) is 117 Å². The summed E-state index contributed by atoms with van der Waals surface area (Å²) in [5, 5.41) is 4.15. The number of pyridine rings is 1. The Hall–Kier alpha value is -4.31. The third-order valence-electron chi connectivity index (χ3n) is 9.06. The number of halogens is 2. The van der Waals surface area contributed by atoms with Crippen LogP contribution in [0.5, 0.6) is 11.5 Å².